The summed E-state index contributed by atoms with van der Waals surface area (Å²) in [4.78, 5) is 13.7. The van der Waals surface area contributed by atoms with Gasteiger partial charge in [-0.1, -0.05) is 13.8 Å². The summed E-state index contributed by atoms with van der Waals surface area (Å²) in [5, 5.41) is 3.01. The van der Waals surface area contributed by atoms with Gasteiger partial charge in [0.05, 0.1) is 0 Å². The van der Waals surface area contributed by atoms with Gasteiger partial charge in [-0.2, -0.15) is 0 Å². The number of carbonyl (C=O) groups excluding carboxylic acids is 1. The Morgan fingerprint density at radius 3 is 2.93 bits per heavy atom. The predicted molar refractivity (Wildman–Crippen MR) is 58.3 cm³/mol. The number of amides is 2. The quantitative estimate of drug-likeness (QED) is 0.725. The average Bonchev–Trinajstić information content (AvgIpc) is 2.17. The summed E-state index contributed by atoms with van der Waals surface area (Å²) < 4.78 is 0. The molecule has 0 unspecified atom stereocenters. The van der Waals surface area contributed by atoms with Crippen molar-refractivity contribution in [1.29, 1.82) is 0 Å². The lowest BCUT2D eigenvalue weighted by Crippen LogP contribution is -2.47. The van der Waals surface area contributed by atoms with E-state index in [1.807, 2.05) is 11.8 Å². The molecule has 3 heteroatoms. The van der Waals surface area contributed by atoms with E-state index in [4.69, 9.17) is 0 Å². The minimum absolute atomic E-state index is 0.117. The van der Waals surface area contributed by atoms with E-state index >= 15 is 0 Å². The molecule has 1 aliphatic rings. The number of piperidine rings is 1. The van der Waals surface area contributed by atoms with Gasteiger partial charge in [-0.05, 0) is 32.1 Å². The van der Waals surface area contributed by atoms with Gasteiger partial charge in [0.2, 0.25) is 0 Å². The fourth-order valence-electron chi connectivity index (χ4n) is 1.78. The van der Waals surface area contributed by atoms with Crippen molar-refractivity contribution in [3.63, 3.8) is 0 Å². The van der Waals surface area contributed by atoms with Crippen LogP contribution in [0.15, 0.2) is 0 Å². The highest BCUT2D eigenvalue weighted by Gasteiger charge is 2.21. The molecule has 3 nitrogen and oxygen atoms in total. The molecule has 0 saturated carbocycles. The van der Waals surface area contributed by atoms with E-state index in [0.717, 1.165) is 25.9 Å². The monoisotopic (exact) mass is 198 g/mol. The van der Waals surface area contributed by atoms with Gasteiger partial charge in [0, 0.05) is 19.1 Å². The third-order valence-electron chi connectivity index (χ3n) is 2.93. The lowest BCUT2D eigenvalue weighted by molar-refractivity contribution is 0.167. The van der Waals surface area contributed by atoms with Gasteiger partial charge in [0.25, 0.3) is 0 Å². The number of carbonyl (C=O) groups is 1. The Morgan fingerprint density at radius 1 is 1.64 bits per heavy atom. The van der Waals surface area contributed by atoms with E-state index in [1.54, 1.807) is 0 Å². The molecule has 1 fully saturated rings. The second-order valence-electron chi connectivity index (χ2n) is 4.45. The molecule has 1 heterocycles. The van der Waals surface area contributed by atoms with Crippen LogP contribution >= 0.6 is 0 Å². The number of hydrogen-bond donors (Lipinski definition) is 1. The molecule has 1 saturated heterocycles. The zero-order valence-electron chi connectivity index (χ0n) is 9.55. The lowest BCUT2D eigenvalue weighted by atomic mass is 10.0. The van der Waals surface area contributed by atoms with Crippen LogP contribution in [0.5, 0.6) is 0 Å². The Bertz CT molecular complexity index is 194. The molecule has 0 spiro atoms. The minimum Gasteiger partial charge on any atom is -0.336 e. The highest BCUT2D eigenvalue weighted by atomic mass is 16.2. The van der Waals surface area contributed by atoms with Crippen molar-refractivity contribution < 1.29 is 4.79 Å². The third-order valence-corrected chi connectivity index (χ3v) is 2.93. The van der Waals surface area contributed by atoms with Crippen molar-refractivity contribution in [2.24, 2.45) is 5.92 Å². The van der Waals surface area contributed by atoms with Crippen molar-refractivity contribution in [3.8, 4) is 0 Å². The Hall–Kier alpha value is -0.730. The first-order chi connectivity index (χ1) is 6.63. The summed E-state index contributed by atoms with van der Waals surface area (Å²) in [5.41, 5.74) is 0. The Labute approximate surface area is 86.9 Å². The van der Waals surface area contributed by atoms with Crippen LogP contribution in [0.4, 0.5) is 4.79 Å². The van der Waals surface area contributed by atoms with Gasteiger partial charge in [0.1, 0.15) is 0 Å². The number of rotatable bonds is 2. The smallest absolute Gasteiger partial charge is 0.317 e. The fourth-order valence-corrected chi connectivity index (χ4v) is 1.78. The van der Waals surface area contributed by atoms with Crippen LogP contribution in [0.25, 0.3) is 0 Å². The van der Waals surface area contributed by atoms with Crippen molar-refractivity contribution in [2.75, 3.05) is 13.1 Å². The highest BCUT2D eigenvalue weighted by molar-refractivity contribution is 5.74. The van der Waals surface area contributed by atoms with Crippen LogP contribution in [-0.4, -0.2) is 30.1 Å². The van der Waals surface area contributed by atoms with Gasteiger partial charge in [-0.25, -0.2) is 4.79 Å². The maximum atomic E-state index is 11.7. The fraction of sp³-hybridized carbons (Fsp3) is 0.909. The predicted octanol–water partition coefficient (Wildman–Crippen LogP) is 2.23. The van der Waals surface area contributed by atoms with Gasteiger partial charge >= 0.3 is 6.03 Å². The topological polar surface area (TPSA) is 32.3 Å². The highest BCUT2D eigenvalue weighted by Crippen LogP contribution is 2.15. The van der Waals surface area contributed by atoms with Gasteiger partial charge in [0.15, 0.2) is 0 Å². The van der Waals surface area contributed by atoms with E-state index in [-0.39, 0.29) is 6.03 Å². The average molecular weight is 198 g/mol. The maximum absolute atomic E-state index is 11.7. The molecule has 1 aliphatic heterocycles. The van der Waals surface area contributed by atoms with Crippen LogP contribution in [0, 0.1) is 5.92 Å². The molecule has 1 N–H and O–H groups in total. The molecule has 0 bridgehead atoms. The van der Waals surface area contributed by atoms with Gasteiger partial charge < -0.3 is 10.2 Å². The van der Waals surface area contributed by atoms with Crippen LogP contribution < -0.4 is 5.32 Å². The number of nitrogens with one attached hydrogen (secondary N) is 1. The molecule has 82 valence electrons. The first-order valence-electron chi connectivity index (χ1n) is 5.69. The third kappa shape index (κ3) is 3.20. The molecule has 1 rings (SSSR count). The summed E-state index contributed by atoms with van der Waals surface area (Å²) in [6, 6.07) is 0.408. The van der Waals surface area contributed by atoms with E-state index < -0.39 is 0 Å². The number of hydrogen-bond acceptors (Lipinski definition) is 1. The molecule has 0 radical (unpaired) electrons. The molecular formula is C11H22N2O. The summed E-state index contributed by atoms with van der Waals surface area (Å²) in [5.74, 6) is 0.659. The second kappa shape index (κ2) is 5.23. The van der Waals surface area contributed by atoms with E-state index in [9.17, 15) is 4.79 Å². The zero-order chi connectivity index (χ0) is 10.6. The number of nitrogens with zero attached hydrogens (tertiary/aromatic N) is 1. The molecule has 0 aromatic carbocycles. The molecule has 0 aliphatic carbocycles. The SMILES string of the molecule is CC[C@H](C)NC(=O)N1CCC[C@H](C)C1. The normalized spacial score (nSPS) is 24.5. The van der Waals surface area contributed by atoms with Gasteiger partial charge in [-0.3, -0.25) is 0 Å². The largest absolute Gasteiger partial charge is 0.336 e. The summed E-state index contributed by atoms with van der Waals surface area (Å²) in [6.45, 7) is 8.19. The summed E-state index contributed by atoms with van der Waals surface area (Å²) in [6.07, 6.45) is 3.40. The maximum Gasteiger partial charge on any atom is 0.317 e. The zero-order valence-corrected chi connectivity index (χ0v) is 9.55. The summed E-state index contributed by atoms with van der Waals surface area (Å²) >= 11 is 0. The van der Waals surface area contributed by atoms with Crippen LogP contribution in [0.2, 0.25) is 0 Å². The molecule has 2 atom stereocenters. The van der Waals surface area contributed by atoms with Crippen molar-refractivity contribution in [2.45, 2.75) is 46.1 Å². The summed E-state index contributed by atoms with van der Waals surface area (Å²) in [7, 11) is 0. The van der Waals surface area contributed by atoms with Gasteiger partial charge in [-0.15, -0.1) is 0 Å². The van der Waals surface area contributed by atoms with E-state index in [0.29, 0.717) is 12.0 Å². The van der Waals surface area contributed by atoms with Crippen molar-refractivity contribution in [3.05, 3.63) is 0 Å². The molecule has 0 aromatic heterocycles. The first kappa shape index (κ1) is 11.3. The molecule has 14 heavy (non-hydrogen) atoms. The second-order valence-corrected chi connectivity index (χ2v) is 4.45. The molecule has 0 aromatic rings. The Morgan fingerprint density at radius 2 is 2.36 bits per heavy atom. The Balaban J connectivity index is 2.36. The number of urea groups is 1. The molecule has 2 amide bonds. The Kier molecular flexibility index (Phi) is 4.23. The standard InChI is InChI=1S/C11H22N2O/c1-4-10(3)12-11(14)13-7-5-6-9(2)8-13/h9-10H,4-8H2,1-3H3,(H,12,14)/t9-,10-/m0/s1. The first-order valence-corrected chi connectivity index (χ1v) is 5.69. The molecular weight excluding hydrogens is 176 g/mol. The lowest BCUT2D eigenvalue weighted by Gasteiger charge is -2.31. The van der Waals surface area contributed by atoms with Crippen molar-refractivity contribution >= 4 is 6.03 Å². The van der Waals surface area contributed by atoms with E-state index in [2.05, 4.69) is 19.2 Å². The van der Waals surface area contributed by atoms with Crippen LogP contribution in [0.1, 0.15) is 40.0 Å². The van der Waals surface area contributed by atoms with Crippen LogP contribution in [0.3, 0.4) is 0 Å². The number of likely N-dealkylation sites (tertiary alicyclic amines) is 1. The van der Waals surface area contributed by atoms with E-state index in [1.165, 1.54) is 6.42 Å². The van der Waals surface area contributed by atoms with Crippen molar-refractivity contribution in [1.82, 2.24) is 10.2 Å². The van der Waals surface area contributed by atoms with Crippen LogP contribution in [-0.2, 0) is 0 Å². The minimum atomic E-state index is 0.117.